The number of hydrogen-bond donors (Lipinski definition) is 0. The molecule has 0 N–H and O–H groups in total. The Labute approximate surface area is 53.3 Å². The second-order valence-electron chi connectivity index (χ2n) is 1.11. The van der Waals surface area contributed by atoms with Crippen LogP contribution in [-0.4, -0.2) is 7.11 Å². The summed E-state index contributed by atoms with van der Waals surface area (Å²) in [6.45, 7) is 3.83. The second-order valence-corrected chi connectivity index (χ2v) is 1.11. The van der Waals surface area contributed by atoms with Crippen molar-refractivity contribution in [2.24, 2.45) is 0 Å². The molecule has 0 aromatic carbocycles. The fourth-order valence-electron chi connectivity index (χ4n) is 0. The molecule has 0 aromatic rings. The van der Waals surface area contributed by atoms with E-state index in [9.17, 15) is 0 Å². The molecule has 0 unspecified atom stereocenters. The van der Waals surface area contributed by atoms with Gasteiger partial charge in [0.15, 0.2) is 0 Å². The van der Waals surface area contributed by atoms with Crippen LogP contribution in [0.4, 0.5) is 0 Å². The van der Waals surface area contributed by atoms with Crippen LogP contribution in [-0.2, 0) is 25.8 Å². The molecule has 0 radical (unpaired) electrons. The van der Waals surface area contributed by atoms with E-state index in [0.717, 1.165) is 6.10 Å². The van der Waals surface area contributed by atoms with Gasteiger partial charge in [-0.05, 0) is 7.11 Å². The summed E-state index contributed by atoms with van der Waals surface area (Å²) in [4.78, 5) is 0. The van der Waals surface area contributed by atoms with E-state index >= 15 is 0 Å². The van der Waals surface area contributed by atoms with Crippen molar-refractivity contribution in [1.29, 1.82) is 0 Å². The van der Waals surface area contributed by atoms with Gasteiger partial charge < -0.3 is 4.74 Å². The van der Waals surface area contributed by atoms with E-state index in [4.69, 9.17) is 0 Å². The normalized spacial score (nSPS) is 8.00. The zero-order valence-corrected chi connectivity index (χ0v) is 7.25. The van der Waals surface area contributed by atoms with Gasteiger partial charge in [0.25, 0.3) is 0 Å². The molecule has 0 amide bonds. The largest absolute Gasteiger partial charge is 0.552 e. The van der Waals surface area contributed by atoms with Crippen molar-refractivity contribution in [3.8, 4) is 0 Å². The molecule has 0 aliphatic carbocycles. The van der Waals surface area contributed by atoms with Crippen molar-refractivity contribution in [3.05, 3.63) is 6.10 Å². The fourth-order valence-corrected chi connectivity index (χ4v) is 0. The third-order valence-electron chi connectivity index (χ3n) is 0.408. The third kappa shape index (κ3) is 8.82. The van der Waals surface area contributed by atoms with Crippen LogP contribution in [0.3, 0.4) is 0 Å². The number of rotatable bonds is 1. The van der Waals surface area contributed by atoms with E-state index in [-0.39, 0.29) is 21.1 Å². The average molecular weight is 257 g/mol. The SMILES string of the molecule is CO[C-](C)C.[W]. The smallest absolute Gasteiger partial charge is 0 e. The Balaban J connectivity index is 0. The predicted octanol–water partition coefficient (Wildman–Crippen LogP) is 1.20. The van der Waals surface area contributed by atoms with E-state index in [1.165, 1.54) is 0 Å². The van der Waals surface area contributed by atoms with Gasteiger partial charge in [-0.3, -0.25) is 0 Å². The van der Waals surface area contributed by atoms with Crippen LogP contribution in [0.5, 0.6) is 0 Å². The zero-order chi connectivity index (χ0) is 4.28. The minimum Gasteiger partial charge on any atom is -0.552 e. The Hall–Kier alpha value is 0.648. The van der Waals surface area contributed by atoms with Gasteiger partial charge in [-0.2, -0.15) is 13.8 Å². The fraction of sp³-hybridized carbons (Fsp3) is 0.750. The first-order chi connectivity index (χ1) is 2.27. The van der Waals surface area contributed by atoms with Crippen molar-refractivity contribution in [1.82, 2.24) is 0 Å². The quantitative estimate of drug-likeness (QED) is 0.641. The van der Waals surface area contributed by atoms with Gasteiger partial charge in [0.1, 0.15) is 0 Å². The maximum atomic E-state index is 4.67. The minimum absolute atomic E-state index is 0. The molecule has 0 heterocycles. The topological polar surface area (TPSA) is 9.23 Å². The molecular formula is C4H9OW-. The first-order valence-electron chi connectivity index (χ1n) is 1.61. The molecule has 0 atom stereocenters. The maximum absolute atomic E-state index is 4.67. The van der Waals surface area contributed by atoms with Crippen molar-refractivity contribution >= 4 is 0 Å². The molecule has 1 nitrogen and oxygen atoms in total. The summed E-state index contributed by atoms with van der Waals surface area (Å²) < 4.78 is 4.67. The van der Waals surface area contributed by atoms with Crippen molar-refractivity contribution in [2.45, 2.75) is 13.8 Å². The van der Waals surface area contributed by atoms with Gasteiger partial charge in [-0.1, -0.05) is 0 Å². The van der Waals surface area contributed by atoms with Crippen LogP contribution in [0.2, 0.25) is 0 Å². The summed E-state index contributed by atoms with van der Waals surface area (Å²) in [5.41, 5.74) is 0. The van der Waals surface area contributed by atoms with Crippen LogP contribution in [0.1, 0.15) is 13.8 Å². The van der Waals surface area contributed by atoms with Gasteiger partial charge in [-0.25, -0.2) is 6.10 Å². The predicted molar refractivity (Wildman–Crippen MR) is 21.6 cm³/mol. The van der Waals surface area contributed by atoms with E-state index in [0.29, 0.717) is 0 Å². The van der Waals surface area contributed by atoms with E-state index in [2.05, 4.69) is 4.74 Å². The van der Waals surface area contributed by atoms with E-state index in [1.807, 2.05) is 13.8 Å². The Morgan fingerprint density at radius 2 is 1.50 bits per heavy atom. The van der Waals surface area contributed by atoms with Crippen LogP contribution in [0.25, 0.3) is 0 Å². The van der Waals surface area contributed by atoms with Crippen molar-refractivity contribution in [3.63, 3.8) is 0 Å². The van der Waals surface area contributed by atoms with E-state index < -0.39 is 0 Å². The van der Waals surface area contributed by atoms with Crippen LogP contribution in [0.15, 0.2) is 0 Å². The molecule has 0 aliphatic heterocycles. The van der Waals surface area contributed by atoms with Gasteiger partial charge in [0.2, 0.25) is 0 Å². The van der Waals surface area contributed by atoms with Gasteiger partial charge >= 0.3 is 0 Å². The Morgan fingerprint density at radius 1 is 1.33 bits per heavy atom. The number of methoxy groups -OCH3 is 1. The Bertz CT molecular complexity index is 21.5. The molecule has 0 rings (SSSR count). The van der Waals surface area contributed by atoms with Crippen LogP contribution in [0, 0.1) is 6.10 Å². The summed E-state index contributed by atoms with van der Waals surface area (Å²) >= 11 is 0. The first kappa shape index (κ1) is 9.82. The number of hydrogen-bond acceptors (Lipinski definition) is 1. The molecule has 0 bridgehead atoms. The molecule has 0 spiro atoms. The summed E-state index contributed by atoms with van der Waals surface area (Å²) in [7, 11) is 1.66. The number of ether oxygens (including phenoxy) is 1. The molecule has 0 saturated carbocycles. The monoisotopic (exact) mass is 257 g/mol. The molecule has 2 heteroatoms. The Morgan fingerprint density at radius 3 is 1.50 bits per heavy atom. The van der Waals surface area contributed by atoms with Gasteiger partial charge in [0, 0.05) is 21.1 Å². The third-order valence-corrected chi connectivity index (χ3v) is 0.408. The zero-order valence-electron chi connectivity index (χ0n) is 4.32. The molecular weight excluding hydrogens is 248 g/mol. The summed E-state index contributed by atoms with van der Waals surface area (Å²) in [5, 5.41) is 0. The standard InChI is InChI=1S/C4H9O.W/c1-4(2)5-3;/h1-3H3;/q-1;. The average Bonchev–Trinajstić information content (AvgIpc) is 1.38. The second kappa shape index (κ2) is 5.65. The van der Waals surface area contributed by atoms with Gasteiger partial charge in [-0.15, -0.1) is 0 Å². The first-order valence-corrected chi connectivity index (χ1v) is 1.61. The molecule has 6 heavy (non-hydrogen) atoms. The molecule has 0 aromatic heterocycles. The molecule has 0 aliphatic rings. The summed E-state index contributed by atoms with van der Waals surface area (Å²) in [6.07, 6.45) is 1.00. The Kier molecular flexibility index (Phi) is 9.24. The maximum Gasteiger partial charge on any atom is 0 e. The van der Waals surface area contributed by atoms with Gasteiger partial charge in [0.05, 0.1) is 0 Å². The molecule has 0 saturated heterocycles. The van der Waals surface area contributed by atoms with Crippen LogP contribution >= 0.6 is 0 Å². The molecule has 38 valence electrons. The summed E-state index contributed by atoms with van der Waals surface area (Å²) in [6, 6.07) is 0. The minimum atomic E-state index is 0. The van der Waals surface area contributed by atoms with Crippen molar-refractivity contribution < 1.29 is 25.8 Å². The van der Waals surface area contributed by atoms with E-state index in [1.54, 1.807) is 7.11 Å². The summed E-state index contributed by atoms with van der Waals surface area (Å²) in [5.74, 6) is 0. The molecule has 0 fully saturated rings. The van der Waals surface area contributed by atoms with Crippen LogP contribution < -0.4 is 0 Å². The van der Waals surface area contributed by atoms with Crippen molar-refractivity contribution in [2.75, 3.05) is 7.11 Å².